The smallest absolute Gasteiger partial charge is 0.198 e. The molecule has 20 heavy (non-hydrogen) atoms. The van der Waals surface area contributed by atoms with Gasteiger partial charge in [-0.1, -0.05) is 18.6 Å². The summed E-state index contributed by atoms with van der Waals surface area (Å²) in [6.45, 7) is 0.892. The first-order valence-electron chi connectivity index (χ1n) is 6.83. The highest BCUT2D eigenvalue weighted by Gasteiger charge is 2.24. The van der Waals surface area contributed by atoms with Crippen LogP contribution in [0.1, 0.15) is 19.3 Å². The van der Waals surface area contributed by atoms with Gasteiger partial charge in [-0.25, -0.2) is 13.4 Å². The monoisotopic (exact) mass is 291 g/mol. The van der Waals surface area contributed by atoms with E-state index in [-0.39, 0.29) is 16.8 Å². The number of benzene rings is 1. The molecule has 1 saturated heterocycles. The Kier molecular flexibility index (Phi) is 3.67. The predicted molar refractivity (Wildman–Crippen MR) is 77.2 cm³/mol. The van der Waals surface area contributed by atoms with Gasteiger partial charge in [-0.05, 0) is 31.5 Å². The highest BCUT2D eigenvalue weighted by atomic mass is 32.2. The van der Waals surface area contributed by atoms with Crippen molar-refractivity contribution in [2.24, 2.45) is 0 Å². The zero-order valence-electron chi connectivity index (χ0n) is 11.1. The minimum Gasteiger partial charge on any atom is -0.313 e. The van der Waals surface area contributed by atoms with Gasteiger partial charge in [0.05, 0.1) is 23.0 Å². The molecule has 0 spiro atoms. The first-order chi connectivity index (χ1) is 9.65. The van der Waals surface area contributed by atoms with E-state index in [1.54, 1.807) is 6.07 Å². The number of para-hydroxylation sites is 2. The van der Waals surface area contributed by atoms with Crippen LogP contribution in [0.4, 0.5) is 0 Å². The average molecular weight is 291 g/mol. The van der Waals surface area contributed by atoms with Crippen molar-refractivity contribution in [2.75, 3.05) is 12.3 Å². The van der Waals surface area contributed by atoms with Gasteiger partial charge in [0, 0.05) is 6.04 Å². The third-order valence-electron chi connectivity index (χ3n) is 3.58. The first-order valence-corrected chi connectivity index (χ1v) is 8.48. The Morgan fingerprint density at radius 3 is 2.75 bits per heavy atom. The van der Waals surface area contributed by atoms with Gasteiger partial charge in [-0.15, -0.1) is 0 Å². The van der Waals surface area contributed by atoms with Gasteiger partial charge >= 0.3 is 0 Å². The molecule has 1 atom stereocenters. The molecule has 2 heterocycles. The summed E-state index contributed by atoms with van der Waals surface area (Å²) in [5, 5.41) is 3.33. The van der Waals surface area contributed by atoms with E-state index in [1.807, 2.05) is 18.2 Å². The van der Waals surface area contributed by atoms with E-state index in [0.29, 0.717) is 11.0 Å². The zero-order chi connectivity index (χ0) is 14.0. The molecule has 106 valence electrons. The first kappa shape index (κ1) is 13.5. The quantitative estimate of drug-likeness (QED) is 0.929. The molecule has 0 unspecified atom stereocenters. The number of sulfone groups is 1. The van der Waals surface area contributed by atoms with E-state index in [9.17, 15) is 8.42 Å². The number of piperidine rings is 1. The summed E-state index contributed by atoms with van der Waals surface area (Å²) in [5.41, 5.74) is 1.33. The lowest BCUT2D eigenvalue weighted by molar-refractivity contribution is 0.423. The second-order valence-electron chi connectivity index (χ2n) is 5.13. The van der Waals surface area contributed by atoms with Crippen LogP contribution in [0.25, 0.3) is 11.0 Å². The lowest BCUT2D eigenvalue weighted by Crippen LogP contribution is -2.39. The fourth-order valence-corrected chi connectivity index (χ4v) is 3.94. The number of fused-ring (bicyclic) bond motifs is 1. The minimum absolute atomic E-state index is 0.0296. The molecule has 0 radical (unpaired) electrons. The van der Waals surface area contributed by atoms with Crippen LogP contribution in [0.3, 0.4) is 0 Å². The van der Waals surface area contributed by atoms with Gasteiger partial charge in [-0.3, -0.25) is 4.98 Å². The van der Waals surface area contributed by atoms with Crippen molar-refractivity contribution in [3.8, 4) is 0 Å². The second-order valence-corrected chi connectivity index (χ2v) is 7.11. The third-order valence-corrected chi connectivity index (χ3v) is 5.25. The molecule has 2 aromatic rings. The van der Waals surface area contributed by atoms with Crippen molar-refractivity contribution in [1.29, 1.82) is 0 Å². The lowest BCUT2D eigenvalue weighted by Gasteiger charge is -2.22. The van der Waals surface area contributed by atoms with Crippen LogP contribution in [0.2, 0.25) is 0 Å². The third kappa shape index (κ3) is 2.81. The number of hydrogen-bond acceptors (Lipinski definition) is 5. The molecule has 1 fully saturated rings. The molecule has 1 aliphatic heterocycles. The van der Waals surface area contributed by atoms with Gasteiger partial charge in [0.25, 0.3) is 0 Å². The summed E-state index contributed by atoms with van der Waals surface area (Å²) in [5.74, 6) is 0.0972. The van der Waals surface area contributed by atoms with Crippen molar-refractivity contribution < 1.29 is 8.42 Å². The van der Waals surface area contributed by atoms with Crippen molar-refractivity contribution >= 4 is 20.9 Å². The number of rotatable bonds is 3. The molecule has 1 aliphatic rings. The number of hydrogen-bond donors (Lipinski definition) is 1. The van der Waals surface area contributed by atoms with E-state index in [2.05, 4.69) is 15.3 Å². The molecule has 0 amide bonds. The molecular weight excluding hydrogens is 274 g/mol. The summed E-state index contributed by atoms with van der Waals surface area (Å²) in [6.07, 6.45) is 4.46. The summed E-state index contributed by atoms with van der Waals surface area (Å²) < 4.78 is 24.8. The molecule has 1 aromatic carbocycles. The van der Waals surface area contributed by atoms with E-state index in [1.165, 1.54) is 6.20 Å². The maximum absolute atomic E-state index is 12.4. The topological polar surface area (TPSA) is 72.0 Å². The number of aromatic nitrogens is 2. The largest absolute Gasteiger partial charge is 0.313 e. The highest BCUT2D eigenvalue weighted by molar-refractivity contribution is 7.91. The van der Waals surface area contributed by atoms with Gasteiger partial charge in [0.15, 0.2) is 14.9 Å². The van der Waals surface area contributed by atoms with Crippen LogP contribution in [0, 0.1) is 0 Å². The van der Waals surface area contributed by atoms with Crippen molar-refractivity contribution in [1.82, 2.24) is 15.3 Å². The van der Waals surface area contributed by atoms with Gasteiger partial charge in [-0.2, -0.15) is 0 Å². The summed E-state index contributed by atoms with van der Waals surface area (Å²) in [4.78, 5) is 8.41. The Morgan fingerprint density at radius 2 is 2.00 bits per heavy atom. The van der Waals surface area contributed by atoms with Gasteiger partial charge in [0.1, 0.15) is 0 Å². The summed E-state index contributed by atoms with van der Waals surface area (Å²) in [6, 6.07) is 7.32. The van der Waals surface area contributed by atoms with Crippen LogP contribution >= 0.6 is 0 Å². The fourth-order valence-electron chi connectivity index (χ4n) is 2.51. The molecule has 0 aliphatic carbocycles. The number of nitrogens with zero attached hydrogens (tertiary/aromatic N) is 2. The zero-order valence-corrected chi connectivity index (χ0v) is 11.9. The molecule has 6 heteroatoms. The van der Waals surface area contributed by atoms with Crippen LogP contribution in [0.5, 0.6) is 0 Å². The van der Waals surface area contributed by atoms with Crippen molar-refractivity contribution in [3.63, 3.8) is 0 Å². The van der Waals surface area contributed by atoms with Crippen LogP contribution in [-0.4, -0.2) is 36.7 Å². The normalized spacial score (nSPS) is 20.1. The standard InChI is InChI=1S/C14H17N3O2S/c18-20(19,10-11-5-3-4-8-15-11)14-9-16-12-6-1-2-7-13(12)17-14/h1-2,6-7,9,11,15H,3-5,8,10H2/t11-/m0/s1. The molecule has 0 bridgehead atoms. The maximum Gasteiger partial charge on any atom is 0.198 e. The summed E-state index contributed by atoms with van der Waals surface area (Å²) >= 11 is 0. The van der Waals surface area contributed by atoms with Crippen LogP contribution < -0.4 is 5.32 Å². The molecule has 1 aromatic heterocycles. The molecule has 5 nitrogen and oxygen atoms in total. The van der Waals surface area contributed by atoms with Crippen LogP contribution in [-0.2, 0) is 9.84 Å². The van der Waals surface area contributed by atoms with Crippen LogP contribution in [0.15, 0.2) is 35.5 Å². The Labute approximate surface area is 118 Å². The Bertz CT molecular complexity index is 709. The Morgan fingerprint density at radius 1 is 1.20 bits per heavy atom. The van der Waals surface area contributed by atoms with Gasteiger partial charge < -0.3 is 5.32 Å². The van der Waals surface area contributed by atoms with E-state index in [0.717, 1.165) is 25.8 Å². The van der Waals surface area contributed by atoms with Crippen molar-refractivity contribution in [2.45, 2.75) is 30.3 Å². The molecule has 0 saturated carbocycles. The van der Waals surface area contributed by atoms with E-state index in [4.69, 9.17) is 0 Å². The second kappa shape index (κ2) is 5.46. The molecule has 1 N–H and O–H groups in total. The molecule has 3 rings (SSSR count). The minimum atomic E-state index is -3.39. The predicted octanol–water partition coefficient (Wildman–Crippen LogP) is 1.55. The van der Waals surface area contributed by atoms with Gasteiger partial charge in [0.2, 0.25) is 0 Å². The average Bonchev–Trinajstić information content (AvgIpc) is 2.47. The Hall–Kier alpha value is -1.53. The highest BCUT2D eigenvalue weighted by Crippen LogP contribution is 2.16. The lowest BCUT2D eigenvalue weighted by atomic mass is 10.1. The fraction of sp³-hybridized carbons (Fsp3) is 0.429. The van der Waals surface area contributed by atoms with Crippen molar-refractivity contribution in [3.05, 3.63) is 30.5 Å². The van der Waals surface area contributed by atoms with E-state index < -0.39 is 9.84 Å². The SMILES string of the molecule is O=S(=O)(C[C@@H]1CCCCN1)c1cnc2ccccc2n1. The summed E-state index contributed by atoms with van der Waals surface area (Å²) in [7, 11) is -3.39. The maximum atomic E-state index is 12.4. The number of nitrogens with one attached hydrogen (secondary N) is 1. The molecular formula is C14H17N3O2S. The Balaban J connectivity index is 1.88. The van der Waals surface area contributed by atoms with E-state index >= 15 is 0 Å².